The Balaban J connectivity index is 1.66. The molecule has 0 aliphatic carbocycles. The number of aliphatic hydroxyl groups excluding tert-OH is 1. The quantitative estimate of drug-likeness (QED) is 0.598. The summed E-state index contributed by atoms with van der Waals surface area (Å²) in [5.41, 5.74) is 0.483. The number of aliphatic imine (C=N–C) groups is 3. The van der Waals surface area contributed by atoms with Crippen molar-refractivity contribution in [3.63, 3.8) is 0 Å². The first-order valence-electron chi connectivity index (χ1n) is 12.1. The molecule has 2 saturated heterocycles. The number of piperidine rings is 1. The fourth-order valence-electron chi connectivity index (χ4n) is 5.43. The number of allylic oxidation sites excluding steroid dienone is 2. The molecule has 3 heterocycles. The van der Waals surface area contributed by atoms with Crippen molar-refractivity contribution in [3.05, 3.63) is 58.4 Å². The van der Waals surface area contributed by atoms with E-state index in [1.807, 2.05) is 11.8 Å². The molecule has 1 spiro atoms. The third-order valence-corrected chi connectivity index (χ3v) is 7.18. The first-order valence-corrected chi connectivity index (χ1v) is 12.1. The molecule has 3 aliphatic rings. The summed E-state index contributed by atoms with van der Waals surface area (Å²) < 4.78 is 36.7. The first-order chi connectivity index (χ1) is 17.4. The minimum absolute atomic E-state index is 0.101. The highest BCUT2D eigenvalue weighted by molar-refractivity contribution is 6.29. The predicted molar refractivity (Wildman–Crippen MR) is 137 cm³/mol. The fourth-order valence-corrected chi connectivity index (χ4v) is 5.43. The van der Waals surface area contributed by atoms with Crippen LogP contribution in [0.2, 0.25) is 0 Å². The van der Waals surface area contributed by atoms with Crippen LogP contribution in [0.3, 0.4) is 0 Å². The van der Waals surface area contributed by atoms with E-state index < -0.39 is 18.4 Å². The summed E-state index contributed by atoms with van der Waals surface area (Å²) in [6, 6.07) is 5.75. The maximum atomic E-state index is 16.1. The summed E-state index contributed by atoms with van der Waals surface area (Å²) in [5.74, 6) is -0.905. The number of aryl methyl sites for hydroxylation is 1. The molecule has 5 rings (SSSR count). The SMILES string of the molecule is C=N/C(=C1/C=NC(c2cc(O)cc3ccc(F)c(CC)c23)=C(F)/C1=N/CO)N1CCCC2(CCO2)C1. The number of hydrogen-bond acceptors (Lipinski definition) is 7. The Bertz CT molecular complexity index is 1360. The zero-order valence-corrected chi connectivity index (χ0v) is 20.1. The van der Waals surface area contributed by atoms with Crippen molar-refractivity contribution in [3.8, 4) is 5.75 Å². The molecule has 7 nitrogen and oxygen atoms in total. The third kappa shape index (κ3) is 4.02. The van der Waals surface area contributed by atoms with Gasteiger partial charge in [-0.2, -0.15) is 0 Å². The molecular weight excluding hydrogens is 466 g/mol. The van der Waals surface area contributed by atoms with Crippen molar-refractivity contribution in [1.29, 1.82) is 0 Å². The number of ether oxygens (including phenoxy) is 1. The molecule has 0 radical (unpaired) electrons. The van der Waals surface area contributed by atoms with E-state index in [1.165, 1.54) is 24.4 Å². The second-order valence-corrected chi connectivity index (χ2v) is 9.24. The summed E-state index contributed by atoms with van der Waals surface area (Å²) in [7, 11) is 0. The summed E-state index contributed by atoms with van der Waals surface area (Å²) in [6.07, 6.45) is 4.61. The normalized spacial score (nSPS) is 24.6. The van der Waals surface area contributed by atoms with Crippen LogP contribution >= 0.6 is 0 Å². The van der Waals surface area contributed by atoms with Gasteiger partial charge in [0.25, 0.3) is 0 Å². The number of likely N-dealkylation sites (tertiary alicyclic amines) is 1. The predicted octanol–water partition coefficient (Wildman–Crippen LogP) is 4.53. The fraction of sp³-hybridized carbons (Fsp3) is 0.370. The zero-order chi connectivity index (χ0) is 25.4. The number of phenols is 1. The van der Waals surface area contributed by atoms with Gasteiger partial charge in [0, 0.05) is 31.3 Å². The van der Waals surface area contributed by atoms with Crippen LogP contribution in [0.25, 0.3) is 16.5 Å². The van der Waals surface area contributed by atoms with Crippen molar-refractivity contribution in [2.45, 2.75) is 38.2 Å². The van der Waals surface area contributed by atoms with Crippen molar-refractivity contribution < 1.29 is 23.7 Å². The Kier molecular flexibility index (Phi) is 6.44. The molecule has 0 aromatic heterocycles. The van der Waals surface area contributed by atoms with Crippen LogP contribution in [0.4, 0.5) is 8.78 Å². The van der Waals surface area contributed by atoms with Gasteiger partial charge in [-0.3, -0.25) is 9.98 Å². The van der Waals surface area contributed by atoms with Crippen LogP contribution in [-0.2, 0) is 11.2 Å². The number of aliphatic hydroxyl groups is 1. The highest BCUT2D eigenvalue weighted by atomic mass is 19.1. The van der Waals surface area contributed by atoms with Crippen LogP contribution in [0.15, 0.2) is 56.5 Å². The number of benzene rings is 2. The molecule has 2 aromatic rings. The number of fused-ring (bicyclic) bond motifs is 1. The third-order valence-electron chi connectivity index (χ3n) is 7.18. The molecule has 2 fully saturated rings. The Labute approximate surface area is 207 Å². The topological polar surface area (TPSA) is 90.0 Å². The van der Waals surface area contributed by atoms with E-state index in [1.54, 1.807) is 6.07 Å². The summed E-state index contributed by atoms with van der Waals surface area (Å²) in [6.45, 7) is 6.87. The molecule has 2 aromatic carbocycles. The Morgan fingerprint density at radius 1 is 1.28 bits per heavy atom. The second-order valence-electron chi connectivity index (χ2n) is 9.24. The van der Waals surface area contributed by atoms with Crippen LogP contribution in [-0.4, -0.2) is 65.8 Å². The number of hydrogen-bond donors (Lipinski definition) is 2. The van der Waals surface area contributed by atoms with Crippen LogP contribution in [0, 0.1) is 5.82 Å². The molecule has 0 bridgehead atoms. The number of halogens is 2. The molecule has 36 heavy (non-hydrogen) atoms. The summed E-state index contributed by atoms with van der Waals surface area (Å²) in [5, 5.41) is 21.0. The lowest BCUT2D eigenvalue weighted by Crippen LogP contribution is -2.55. The molecular formula is C27H28F2N4O3. The van der Waals surface area contributed by atoms with Crippen molar-refractivity contribution in [2.75, 3.05) is 26.4 Å². The summed E-state index contributed by atoms with van der Waals surface area (Å²) in [4.78, 5) is 14.6. The van der Waals surface area contributed by atoms with E-state index in [2.05, 4.69) is 21.7 Å². The van der Waals surface area contributed by atoms with Crippen molar-refractivity contribution in [1.82, 2.24) is 4.90 Å². The highest BCUT2D eigenvalue weighted by Gasteiger charge is 2.43. The lowest BCUT2D eigenvalue weighted by atomic mass is 9.85. The molecule has 3 aliphatic heterocycles. The van der Waals surface area contributed by atoms with Crippen LogP contribution in [0.5, 0.6) is 5.75 Å². The minimum Gasteiger partial charge on any atom is -0.508 e. The molecule has 0 saturated carbocycles. The Morgan fingerprint density at radius 3 is 2.75 bits per heavy atom. The molecule has 1 unspecified atom stereocenters. The van der Waals surface area contributed by atoms with E-state index in [-0.39, 0.29) is 28.3 Å². The minimum atomic E-state index is -0.799. The molecule has 0 amide bonds. The Morgan fingerprint density at radius 2 is 2.08 bits per heavy atom. The first kappa shape index (κ1) is 24.3. The molecule has 1 atom stereocenters. The van der Waals surface area contributed by atoms with Crippen LogP contribution in [0.1, 0.15) is 37.3 Å². The smallest absolute Gasteiger partial charge is 0.175 e. The molecule has 188 valence electrons. The second kappa shape index (κ2) is 9.55. The monoisotopic (exact) mass is 494 g/mol. The van der Waals surface area contributed by atoms with Gasteiger partial charge in [-0.05, 0) is 60.5 Å². The number of aromatic hydroxyl groups is 1. The molecule has 2 N–H and O–H groups in total. The average molecular weight is 495 g/mol. The van der Waals surface area contributed by atoms with Gasteiger partial charge in [0.2, 0.25) is 0 Å². The number of nitrogens with zero attached hydrogens (tertiary/aromatic N) is 4. The maximum Gasteiger partial charge on any atom is 0.175 e. The summed E-state index contributed by atoms with van der Waals surface area (Å²) >= 11 is 0. The van der Waals surface area contributed by atoms with Gasteiger partial charge in [-0.25, -0.2) is 13.8 Å². The zero-order valence-electron chi connectivity index (χ0n) is 20.1. The molecule has 9 heteroatoms. The van der Waals surface area contributed by atoms with Gasteiger partial charge in [0.1, 0.15) is 35.5 Å². The standard InChI is InChI=1S/C27H28F2N4O3/c1-3-18-21(28)6-5-16-11-17(35)12-19(22(16)18)24-23(29)25(32-15-34)20(13-31-24)26(30-2)33-9-4-7-27(14-33)8-10-36-27/h5-6,11-13,34-35H,2-4,7-10,14-15H2,1H3/b26-20+,32-25+. The van der Waals surface area contributed by atoms with Gasteiger partial charge < -0.3 is 19.8 Å². The van der Waals surface area contributed by atoms with Crippen LogP contribution < -0.4 is 0 Å². The van der Waals surface area contributed by atoms with E-state index in [0.717, 1.165) is 25.9 Å². The van der Waals surface area contributed by atoms with Gasteiger partial charge in [0.15, 0.2) is 5.83 Å². The Hall–Kier alpha value is -3.43. The van der Waals surface area contributed by atoms with Gasteiger partial charge in [-0.15, -0.1) is 0 Å². The average Bonchev–Trinajstić information content (AvgIpc) is 2.85. The highest BCUT2D eigenvalue weighted by Crippen LogP contribution is 2.40. The van der Waals surface area contributed by atoms with E-state index in [9.17, 15) is 14.6 Å². The van der Waals surface area contributed by atoms with E-state index in [0.29, 0.717) is 47.2 Å². The largest absolute Gasteiger partial charge is 0.508 e. The van der Waals surface area contributed by atoms with Gasteiger partial charge >= 0.3 is 0 Å². The number of phenolic OH excluding ortho intramolecular Hbond substituents is 1. The van der Waals surface area contributed by atoms with Crippen molar-refractivity contribution >= 4 is 35.1 Å². The lowest BCUT2D eigenvalue weighted by molar-refractivity contribution is -0.172. The van der Waals surface area contributed by atoms with E-state index >= 15 is 4.39 Å². The van der Waals surface area contributed by atoms with Crippen molar-refractivity contribution in [2.24, 2.45) is 15.0 Å². The van der Waals surface area contributed by atoms with Gasteiger partial charge in [0.05, 0.1) is 17.8 Å². The van der Waals surface area contributed by atoms with E-state index in [4.69, 9.17) is 4.74 Å². The van der Waals surface area contributed by atoms with Gasteiger partial charge in [-0.1, -0.05) is 13.0 Å². The lowest BCUT2D eigenvalue weighted by Gasteiger charge is -2.49. The number of rotatable bonds is 5. The maximum absolute atomic E-state index is 16.1.